The Kier molecular flexibility index (Phi) is 8.06. The number of nitriles is 1. The summed E-state index contributed by atoms with van der Waals surface area (Å²) in [5.41, 5.74) is 1.45. The average Bonchev–Trinajstić information content (AvgIpc) is 2.86. The molecule has 4 rings (SSSR count). The Labute approximate surface area is 204 Å². The lowest BCUT2D eigenvalue weighted by Crippen LogP contribution is -2.56. The number of piperidine rings is 2. The van der Waals surface area contributed by atoms with Crippen molar-refractivity contribution in [3.05, 3.63) is 65.7 Å². The number of amides is 2. The van der Waals surface area contributed by atoms with Crippen LogP contribution in [0.2, 0.25) is 0 Å². The van der Waals surface area contributed by atoms with Crippen LogP contribution in [0.1, 0.15) is 17.5 Å². The summed E-state index contributed by atoms with van der Waals surface area (Å²) in [6, 6.07) is 18.1. The summed E-state index contributed by atoms with van der Waals surface area (Å²) in [5, 5.41) is 21.3. The van der Waals surface area contributed by atoms with Crippen molar-refractivity contribution in [3.63, 3.8) is 0 Å². The van der Waals surface area contributed by atoms with E-state index in [-0.39, 0.29) is 31.1 Å². The molecular weight excluding hydrogens is 448 g/mol. The molecule has 0 spiro atoms. The number of carbonyl (C=O) groups excluding carboxylic acids is 1. The number of hydrogen-bond donors (Lipinski definition) is 2. The highest BCUT2D eigenvalue weighted by atomic mass is 16.5. The van der Waals surface area contributed by atoms with Crippen LogP contribution in [0.25, 0.3) is 0 Å². The molecule has 0 saturated carbocycles. The first-order valence-electron chi connectivity index (χ1n) is 11.8. The maximum Gasteiger partial charge on any atom is 0.407 e. The van der Waals surface area contributed by atoms with Crippen LogP contribution in [0, 0.1) is 23.2 Å². The number of benzene rings is 2. The minimum Gasteiger partial charge on any atom is -0.491 e. The van der Waals surface area contributed by atoms with Gasteiger partial charge in [-0.2, -0.15) is 5.26 Å². The zero-order valence-electron chi connectivity index (χ0n) is 19.5. The van der Waals surface area contributed by atoms with Crippen molar-refractivity contribution in [2.75, 3.05) is 39.3 Å². The molecule has 2 aliphatic rings. The summed E-state index contributed by atoms with van der Waals surface area (Å²) in [5.74, 6) is 1.17. The molecule has 3 unspecified atom stereocenters. The molecule has 2 N–H and O–H groups in total. The molecule has 0 radical (unpaired) electrons. The molecule has 2 amide bonds. The van der Waals surface area contributed by atoms with E-state index in [4.69, 9.17) is 14.7 Å². The number of rotatable bonds is 8. The predicted molar refractivity (Wildman–Crippen MR) is 128 cm³/mol. The monoisotopic (exact) mass is 478 g/mol. The molecule has 0 aromatic heterocycles. The van der Waals surface area contributed by atoms with Gasteiger partial charge in [-0.15, -0.1) is 0 Å². The van der Waals surface area contributed by atoms with E-state index >= 15 is 0 Å². The molecule has 2 saturated heterocycles. The van der Waals surface area contributed by atoms with Crippen LogP contribution >= 0.6 is 0 Å². The third-order valence-corrected chi connectivity index (χ3v) is 6.38. The highest BCUT2D eigenvalue weighted by Crippen LogP contribution is 2.28. The molecule has 184 valence electrons. The van der Waals surface area contributed by atoms with Gasteiger partial charge in [0.25, 0.3) is 0 Å². The second-order valence-corrected chi connectivity index (χ2v) is 9.22. The second kappa shape index (κ2) is 11.6. The lowest BCUT2D eigenvalue weighted by atomic mass is 9.84. The van der Waals surface area contributed by atoms with E-state index in [0.29, 0.717) is 30.9 Å². The van der Waals surface area contributed by atoms with Crippen LogP contribution in [0.5, 0.6) is 5.75 Å². The zero-order valence-corrected chi connectivity index (χ0v) is 19.5. The predicted octanol–water partition coefficient (Wildman–Crippen LogP) is 3.16. The molecule has 2 aliphatic heterocycles. The van der Waals surface area contributed by atoms with E-state index in [1.807, 2.05) is 30.3 Å². The molecule has 2 heterocycles. The summed E-state index contributed by atoms with van der Waals surface area (Å²) in [7, 11) is 0. The minimum atomic E-state index is -0.857. The lowest BCUT2D eigenvalue weighted by Gasteiger charge is -2.45. The molecule has 0 aliphatic carbocycles. The van der Waals surface area contributed by atoms with Crippen molar-refractivity contribution < 1.29 is 24.2 Å². The first kappa shape index (κ1) is 24.4. The summed E-state index contributed by atoms with van der Waals surface area (Å²) in [4.78, 5) is 27.8. The quantitative estimate of drug-likeness (QED) is 0.599. The van der Waals surface area contributed by atoms with E-state index in [1.54, 1.807) is 24.3 Å². The summed E-state index contributed by atoms with van der Waals surface area (Å²) in [6.07, 6.45) is -0.347. The first-order chi connectivity index (χ1) is 17.0. The third-order valence-electron chi connectivity index (χ3n) is 6.38. The van der Waals surface area contributed by atoms with E-state index in [9.17, 15) is 14.7 Å². The van der Waals surface area contributed by atoms with Crippen molar-refractivity contribution in [1.82, 2.24) is 15.1 Å². The van der Waals surface area contributed by atoms with E-state index in [0.717, 1.165) is 25.1 Å². The van der Waals surface area contributed by atoms with Gasteiger partial charge in [-0.25, -0.2) is 9.59 Å². The first-order valence-corrected chi connectivity index (χ1v) is 11.8. The summed E-state index contributed by atoms with van der Waals surface area (Å²) < 4.78 is 11.3. The van der Waals surface area contributed by atoms with Crippen LogP contribution in [-0.4, -0.2) is 72.5 Å². The van der Waals surface area contributed by atoms with Crippen molar-refractivity contribution in [3.8, 4) is 11.8 Å². The number of alkyl carbamates (subject to hydrolysis) is 1. The molecule has 2 bridgehead atoms. The van der Waals surface area contributed by atoms with Gasteiger partial charge in [0.05, 0.1) is 17.7 Å². The third kappa shape index (κ3) is 7.11. The maximum atomic E-state index is 12.6. The Morgan fingerprint density at radius 3 is 2.37 bits per heavy atom. The van der Waals surface area contributed by atoms with Crippen LogP contribution < -0.4 is 10.1 Å². The zero-order chi connectivity index (χ0) is 24.6. The Bertz CT molecular complexity index is 1030. The fourth-order valence-corrected chi connectivity index (χ4v) is 4.90. The Hall–Kier alpha value is -3.77. The largest absolute Gasteiger partial charge is 0.491 e. The highest BCUT2D eigenvalue weighted by molar-refractivity contribution is 5.67. The molecule has 35 heavy (non-hydrogen) atoms. The number of nitrogens with one attached hydrogen (secondary N) is 1. The highest BCUT2D eigenvalue weighted by Gasteiger charge is 2.36. The fourth-order valence-electron chi connectivity index (χ4n) is 4.90. The molecular formula is C26H30N4O5. The van der Waals surface area contributed by atoms with Gasteiger partial charge in [-0.05, 0) is 48.1 Å². The van der Waals surface area contributed by atoms with Crippen LogP contribution in [0.15, 0.2) is 54.6 Å². The number of hydrogen-bond acceptors (Lipinski definition) is 6. The topological polar surface area (TPSA) is 115 Å². The Balaban J connectivity index is 1.36. The molecule has 3 atom stereocenters. The molecule has 2 fully saturated rings. The van der Waals surface area contributed by atoms with Gasteiger partial charge in [-0.1, -0.05) is 30.3 Å². The number of carboxylic acid groups (broad SMARTS) is 1. The normalized spacial score (nSPS) is 20.4. The van der Waals surface area contributed by atoms with Gasteiger partial charge in [0.2, 0.25) is 0 Å². The second-order valence-electron chi connectivity index (χ2n) is 9.22. The van der Waals surface area contributed by atoms with Crippen LogP contribution in [0.3, 0.4) is 0 Å². The number of carbonyl (C=O) groups is 2. The molecule has 9 nitrogen and oxygen atoms in total. The lowest BCUT2D eigenvalue weighted by molar-refractivity contribution is 0.0269. The van der Waals surface area contributed by atoms with Crippen molar-refractivity contribution in [2.24, 2.45) is 11.8 Å². The molecule has 2 aromatic carbocycles. The Morgan fingerprint density at radius 1 is 1.06 bits per heavy atom. The van der Waals surface area contributed by atoms with Gasteiger partial charge < -0.3 is 29.7 Å². The van der Waals surface area contributed by atoms with Crippen molar-refractivity contribution in [2.45, 2.75) is 19.1 Å². The summed E-state index contributed by atoms with van der Waals surface area (Å²) in [6.45, 7) is 3.61. The minimum absolute atomic E-state index is 0.175. The van der Waals surface area contributed by atoms with E-state index < -0.39 is 12.2 Å². The van der Waals surface area contributed by atoms with Gasteiger partial charge in [0.15, 0.2) is 0 Å². The van der Waals surface area contributed by atoms with Crippen LogP contribution in [0.4, 0.5) is 9.59 Å². The van der Waals surface area contributed by atoms with Gasteiger partial charge in [-0.3, -0.25) is 0 Å². The number of nitrogens with zero attached hydrogens (tertiary/aromatic N) is 3. The standard InChI is InChI=1S/C26H30N4O5/c27-11-19-6-8-24(9-7-19)34-18-23(28-25(31)35-17-20-4-2-1-3-5-20)16-29-12-21-10-22(13-29)15-30(14-21)26(32)33/h1-9,21-23H,10,12-18H2,(H,28,31)(H,32,33). The SMILES string of the molecule is N#Cc1ccc(OCC(CN2CC3CC(C2)CN(C(=O)O)C3)NC(=O)OCc2ccccc2)cc1. The Morgan fingerprint density at radius 2 is 1.74 bits per heavy atom. The van der Waals surface area contributed by atoms with E-state index in [1.165, 1.54) is 4.90 Å². The number of fused-ring (bicyclic) bond motifs is 2. The number of likely N-dealkylation sites (tertiary alicyclic amines) is 2. The van der Waals surface area contributed by atoms with Crippen molar-refractivity contribution >= 4 is 12.2 Å². The maximum absolute atomic E-state index is 12.6. The van der Waals surface area contributed by atoms with Gasteiger partial charge >= 0.3 is 12.2 Å². The van der Waals surface area contributed by atoms with Gasteiger partial charge in [0, 0.05) is 32.7 Å². The molecule has 9 heteroatoms. The van der Waals surface area contributed by atoms with Gasteiger partial charge in [0.1, 0.15) is 19.0 Å². The molecule has 2 aromatic rings. The average molecular weight is 479 g/mol. The summed E-state index contributed by atoms with van der Waals surface area (Å²) >= 11 is 0. The van der Waals surface area contributed by atoms with E-state index in [2.05, 4.69) is 16.3 Å². The number of ether oxygens (including phenoxy) is 2. The van der Waals surface area contributed by atoms with Crippen LogP contribution in [-0.2, 0) is 11.3 Å². The van der Waals surface area contributed by atoms with Crippen molar-refractivity contribution in [1.29, 1.82) is 5.26 Å². The fraction of sp³-hybridized carbons (Fsp3) is 0.423. The smallest absolute Gasteiger partial charge is 0.407 e.